The van der Waals surface area contributed by atoms with Crippen molar-refractivity contribution in [1.82, 2.24) is 0 Å². The van der Waals surface area contributed by atoms with Crippen LogP contribution in [0.3, 0.4) is 0 Å². The third-order valence-corrected chi connectivity index (χ3v) is 5.51. The SMILES string of the molecule is CC1(COCO)C2CC3CC(C2)CC1C3. The third-order valence-electron chi connectivity index (χ3n) is 5.51. The first-order chi connectivity index (χ1) is 7.22. The predicted molar refractivity (Wildman–Crippen MR) is 58.2 cm³/mol. The van der Waals surface area contributed by atoms with Gasteiger partial charge in [-0.2, -0.15) is 0 Å². The van der Waals surface area contributed by atoms with Gasteiger partial charge in [0.05, 0.1) is 6.61 Å². The van der Waals surface area contributed by atoms with E-state index in [9.17, 15) is 0 Å². The van der Waals surface area contributed by atoms with Gasteiger partial charge in [0.1, 0.15) is 6.79 Å². The van der Waals surface area contributed by atoms with E-state index in [1.165, 1.54) is 32.1 Å². The number of hydrogen-bond acceptors (Lipinski definition) is 2. The average Bonchev–Trinajstić information content (AvgIpc) is 2.22. The Bertz CT molecular complexity index is 221. The van der Waals surface area contributed by atoms with Crippen LogP contribution >= 0.6 is 0 Å². The fourth-order valence-electron chi connectivity index (χ4n) is 4.76. The van der Waals surface area contributed by atoms with Crippen LogP contribution in [0.15, 0.2) is 0 Å². The Morgan fingerprint density at radius 3 is 2.07 bits per heavy atom. The van der Waals surface area contributed by atoms with Crippen molar-refractivity contribution in [3.8, 4) is 0 Å². The molecule has 2 nitrogen and oxygen atoms in total. The molecule has 0 spiro atoms. The molecule has 15 heavy (non-hydrogen) atoms. The van der Waals surface area contributed by atoms with Gasteiger partial charge in [-0.25, -0.2) is 0 Å². The Morgan fingerprint density at radius 2 is 1.60 bits per heavy atom. The third kappa shape index (κ3) is 1.45. The number of aliphatic hydroxyl groups excluding tert-OH is 1. The van der Waals surface area contributed by atoms with Crippen LogP contribution < -0.4 is 0 Å². The molecule has 0 radical (unpaired) electrons. The summed E-state index contributed by atoms with van der Waals surface area (Å²) in [4.78, 5) is 0. The molecule has 0 unspecified atom stereocenters. The molecule has 0 saturated heterocycles. The highest BCUT2D eigenvalue weighted by atomic mass is 16.6. The lowest BCUT2D eigenvalue weighted by molar-refractivity contribution is -0.150. The fourth-order valence-corrected chi connectivity index (χ4v) is 4.76. The van der Waals surface area contributed by atoms with E-state index in [0.29, 0.717) is 5.41 Å². The molecule has 4 rings (SSSR count). The highest BCUT2D eigenvalue weighted by Crippen LogP contribution is 2.62. The summed E-state index contributed by atoms with van der Waals surface area (Å²) in [5, 5.41) is 8.81. The van der Waals surface area contributed by atoms with E-state index in [-0.39, 0.29) is 6.79 Å². The van der Waals surface area contributed by atoms with E-state index in [0.717, 1.165) is 30.3 Å². The zero-order valence-corrected chi connectivity index (χ0v) is 9.61. The highest BCUT2D eigenvalue weighted by Gasteiger charge is 2.54. The first kappa shape index (κ1) is 10.1. The second kappa shape index (κ2) is 3.46. The van der Waals surface area contributed by atoms with E-state index >= 15 is 0 Å². The summed E-state index contributed by atoms with van der Waals surface area (Å²) in [5.74, 6) is 3.80. The molecule has 4 fully saturated rings. The van der Waals surface area contributed by atoms with Crippen LogP contribution in [0.5, 0.6) is 0 Å². The zero-order chi connectivity index (χ0) is 10.5. The molecule has 0 aromatic rings. The van der Waals surface area contributed by atoms with Crippen molar-refractivity contribution in [1.29, 1.82) is 0 Å². The van der Waals surface area contributed by atoms with Crippen LogP contribution in [0.25, 0.3) is 0 Å². The molecule has 0 atom stereocenters. The minimum atomic E-state index is -0.109. The smallest absolute Gasteiger partial charge is 0.143 e. The molecule has 0 amide bonds. The summed E-state index contributed by atoms with van der Waals surface area (Å²) in [6.07, 6.45) is 7.22. The first-order valence-corrected chi connectivity index (χ1v) is 6.41. The summed E-state index contributed by atoms with van der Waals surface area (Å²) in [5.41, 5.74) is 0.371. The number of aliphatic hydroxyl groups is 1. The van der Waals surface area contributed by atoms with Gasteiger partial charge >= 0.3 is 0 Å². The molecular formula is C13H22O2. The molecule has 4 aliphatic carbocycles. The lowest BCUT2D eigenvalue weighted by atomic mass is 9.46. The predicted octanol–water partition coefficient (Wildman–Crippen LogP) is 2.42. The zero-order valence-electron chi connectivity index (χ0n) is 9.61. The van der Waals surface area contributed by atoms with Crippen LogP contribution in [-0.2, 0) is 4.74 Å². The molecule has 0 heterocycles. The maximum atomic E-state index is 8.81. The second-order valence-corrected chi connectivity index (χ2v) is 6.29. The Morgan fingerprint density at radius 1 is 1.07 bits per heavy atom. The van der Waals surface area contributed by atoms with Crippen molar-refractivity contribution >= 4 is 0 Å². The minimum Gasteiger partial charge on any atom is -0.371 e. The molecule has 0 aromatic carbocycles. The summed E-state index contributed by atoms with van der Waals surface area (Å²) in [6.45, 7) is 3.07. The van der Waals surface area contributed by atoms with E-state index < -0.39 is 0 Å². The van der Waals surface area contributed by atoms with Crippen molar-refractivity contribution in [3.63, 3.8) is 0 Å². The van der Waals surface area contributed by atoms with Crippen LogP contribution in [0.4, 0.5) is 0 Å². The Balaban J connectivity index is 1.78. The van der Waals surface area contributed by atoms with E-state index in [2.05, 4.69) is 6.92 Å². The molecule has 4 saturated carbocycles. The van der Waals surface area contributed by atoms with Gasteiger partial charge in [-0.15, -0.1) is 0 Å². The molecular weight excluding hydrogens is 188 g/mol. The van der Waals surface area contributed by atoms with Crippen molar-refractivity contribution in [3.05, 3.63) is 0 Å². The summed E-state index contributed by atoms with van der Waals surface area (Å²) in [6, 6.07) is 0. The summed E-state index contributed by atoms with van der Waals surface area (Å²) in [7, 11) is 0. The lowest BCUT2D eigenvalue weighted by Crippen LogP contribution is -2.53. The van der Waals surface area contributed by atoms with E-state index in [4.69, 9.17) is 9.84 Å². The van der Waals surface area contributed by atoms with E-state index in [1.807, 2.05) is 0 Å². The molecule has 4 aliphatic rings. The van der Waals surface area contributed by atoms with Gasteiger partial charge in [-0.1, -0.05) is 6.92 Å². The minimum absolute atomic E-state index is 0.109. The van der Waals surface area contributed by atoms with E-state index in [1.54, 1.807) is 0 Å². The van der Waals surface area contributed by atoms with Crippen LogP contribution in [0.1, 0.15) is 39.0 Å². The Labute approximate surface area is 92.0 Å². The van der Waals surface area contributed by atoms with Crippen LogP contribution in [0.2, 0.25) is 0 Å². The van der Waals surface area contributed by atoms with Crippen molar-refractivity contribution in [2.24, 2.45) is 29.1 Å². The second-order valence-electron chi connectivity index (χ2n) is 6.29. The van der Waals surface area contributed by atoms with Gasteiger partial charge in [-0.05, 0) is 61.2 Å². The first-order valence-electron chi connectivity index (χ1n) is 6.41. The summed E-state index contributed by atoms with van der Waals surface area (Å²) >= 11 is 0. The average molecular weight is 210 g/mol. The quantitative estimate of drug-likeness (QED) is 0.725. The normalized spacial score (nSPS) is 52.4. The largest absolute Gasteiger partial charge is 0.371 e. The highest BCUT2D eigenvalue weighted by molar-refractivity contribution is 5.04. The molecule has 0 aromatic heterocycles. The standard InChI is InChI=1S/C13H22O2/c1-13(7-15-8-14)11-3-9-2-10(5-11)6-12(13)4-9/h9-12,14H,2-8H2,1H3. The van der Waals surface area contributed by atoms with Gasteiger partial charge in [0.15, 0.2) is 0 Å². The van der Waals surface area contributed by atoms with Crippen molar-refractivity contribution < 1.29 is 9.84 Å². The van der Waals surface area contributed by atoms with Crippen molar-refractivity contribution in [2.75, 3.05) is 13.4 Å². The molecule has 1 N–H and O–H groups in total. The van der Waals surface area contributed by atoms with Crippen molar-refractivity contribution in [2.45, 2.75) is 39.0 Å². The molecule has 86 valence electrons. The number of ether oxygens (including phenoxy) is 1. The van der Waals surface area contributed by atoms with Gasteiger partial charge < -0.3 is 9.84 Å². The maximum Gasteiger partial charge on any atom is 0.143 e. The van der Waals surface area contributed by atoms with Gasteiger partial charge in [0.2, 0.25) is 0 Å². The topological polar surface area (TPSA) is 29.5 Å². The maximum absolute atomic E-state index is 8.81. The molecule has 0 aliphatic heterocycles. The molecule has 2 heteroatoms. The fraction of sp³-hybridized carbons (Fsp3) is 1.00. The van der Waals surface area contributed by atoms with Crippen LogP contribution in [-0.4, -0.2) is 18.5 Å². The number of hydrogen-bond donors (Lipinski definition) is 1. The summed E-state index contributed by atoms with van der Waals surface area (Å²) < 4.78 is 5.32. The Hall–Kier alpha value is -0.0800. The van der Waals surface area contributed by atoms with Gasteiger partial charge in [0, 0.05) is 0 Å². The van der Waals surface area contributed by atoms with Crippen LogP contribution in [0, 0.1) is 29.1 Å². The Kier molecular flexibility index (Phi) is 2.33. The monoisotopic (exact) mass is 210 g/mol. The number of rotatable bonds is 3. The molecule has 4 bridgehead atoms. The van der Waals surface area contributed by atoms with Gasteiger partial charge in [-0.3, -0.25) is 0 Å². The van der Waals surface area contributed by atoms with Gasteiger partial charge in [0.25, 0.3) is 0 Å². The lowest BCUT2D eigenvalue weighted by Gasteiger charge is -2.60.